The van der Waals surface area contributed by atoms with Crippen molar-refractivity contribution in [2.24, 2.45) is 5.16 Å². The third-order valence-electron chi connectivity index (χ3n) is 2.34. The van der Waals surface area contributed by atoms with Crippen LogP contribution in [0.4, 0.5) is 10.5 Å². The van der Waals surface area contributed by atoms with Crippen molar-refractivity contribution in [3.05, 3.63) is 29.8 Å². The first-order valence-electron chi connectivity index (χ1n) is 6.06. The molecule has 1 atom stereocenters. The number of nitrogens with zero attached hydrogens (tertiary/aromatic N) is 1. The fourth-order valence-electron chi connectivity index (χ4n) is 1.41. The summed E-state index contributed by atoms with van der Waals surface area (Å²) < 4.78 is 9.04. The van der Waals surface area contributed by atoms with Gasteiger partial charge in [0.25, 0.3) is 6.23 Å². The molecule has 9 heteroatoms. The van der Waals surface area contributed by atoms with Crippen molar-refractivity contribution < 1.29 is 29.1 Å². The molecule has 118 valence electrons. The number of hydrogen-bond donors (Lipinski definition) is 3. The molecule has 0 aliphatic carbocycles. The molecule has 0 bridgehead atoms. The van der Waals surface area contributed by atoms with Crippen LogP contribution in [0.5, 0.6) is 0 Å². The predicted molar refractivity (Wildman–Crippen MR) is 75.5 cm³/mol. The van der Waals surface area contributed by atoms with Gasteiger partial charge >= 0.3 is 18.0 Å². The van der Waals surface area contributed by atoms with E-state index in [0.29, 0.717) is 11.3 Å². The molecule has 1 unspecified atom stereocenters. The van der Waals surface area contributed by atoms with Gasteiger partial charge in [0.1, 0.15) is 0 Å². The Labute approximate surface area is 125 Å². The molecular formula is C13H15N3O6. The van der Waals surface area contributed by atoms with Crippen LogP contribution in [0.3, 0.4) is 0 Å². The van der Waals surface area contributed by atoms with E-state index >= 15 is 0 Å². The minimum absolute atomic E-state index is 0.416. The summed E-state index contributed by atoms with van der Waals surface area (Å²) in [6.45, 7) is 1.09. The van der Waals surface area contributed by atoms with Crippen LogP contribution in [0.2, 0.25) is 0 Å². The van der Waals surface area contributed by atoms with Gasteiger partial charge in [0.15, 0.2) is 0 Å². The molecule has 0 aliphatic rings. The fourth-order valence-corrected chi connectivity index (χ4v) is 1.41. The summed E-state index contributed by atoms with van der Waals surface area (Å²) >= 11 is 0. The Bertz CT molecular complexity index is 570. The van der Waals surface area contributed by atoms with Gasteiger partial charge in [0, 0.05) is 12.6 Å². The Morgan fingerprint density at radius 2 is 1.91 bits per heavy atom. The smallest absolute Gasteiger partial charge is 0.369 e. The van der Waals surface area contributed by atoms with E-state index < -0.39 is 24.2 Å². The maximum atomic E-state index is 11.7. The molecule has 0 aliphatic heterocycles. The molecule has 3 N–H and O–H groups in total. The largest absolute Gasteiger partial charge is 0.465 e. The van der Waals surface area contributed by atoms with Crippen LogP contribution in [-0.4, -0.2) is 42.7 Å². The van der Waals surface area contributed by atoms with Crippen molar-refractivity contribution in [2.75, 3.05) is 12.4 Å². The Hall–Kier alpha value is -3.10. The lowest BCUT2D eigenvalue weighted by molar-refractivity contribution is -0.166. The molecule has 9 nitrogen and oxygen atoms in total. The van der Waals surface area contributed by atoms with Crippen LogP contribution in [-0.2, 0) is 19.1 Å². The Balaban J connectivity index is 2.66. The number of oxime groups is 1. The predicted octanol–water partition coefficient (Wildman–Crippen LogP) is 0.678. The van der Waals surface area contributed by atoms with Gasteiger partial charge in [-0.15, -0.1) is 0 Å². The number of carbonyl (C=O) groups is 3. The highest BCUT2D eigenvalue weighted by molar-refractivity contribution is 5.93. The summed E-state index contributed by atoms with van der Waals surface area (Å²) in [6.07, 6.45) is -0.319. The molecule has 0 spiro atoms. The number of carbonyl (C=O) groups excluding carboxylic acids is 3. The number of hydrogen-bond acceptors (Lipinski definition) is 7. The zero-order chi connectivity index (χ0) is 16.5. The number of urea groups is 1. The van der Waals surface area contributed by atoms with Crippen molar-refractivity contribution >= 4 is 29.9 Å². The van der Waals surface area contributed by atoms with Gasteiger partial charge in [-0.3, -0.25) is 10.1 Å². The maximum Gasteiger partial charge on any atom is 0.369 e. The van der Waals surface area contributed by atoms with E-state index in [1.165, 1.54) is 6.21 Å². The van der Waals surface area contributed by atoms with Gasteiger partial charge in [0.05, 0.1) is 13.3 Å². The molecule has 1 aromatic rings. The second-order valence-electron chi connectivity index (χ2n) is 3.98. The summed E-state index contributed by atoms with van der Waals surface area (Å²) in [7, 11) is 1.10. The van der Waals surface area contributed by atoms with Crippen LogP contribution in [0.25, 0.3) is 0 Å². The number of nitrogens with one attached hydrogen (secondary N) is 2. The molecule has 22 heavy (non-hydrogen) atoms. The first-order valence-corrected chi connectivity index (χ1v) is 6.06. The quantitative estimate of drug-likeness (QED) is 0.241. The summed E-state index contributed by atoms with van der Waals surface area (Å²) in [4.78, 5) is 34.0. The van der Waals surface area contributed by atoms with Gasteiger partial charge in [-0.25, -0.2) is 9.59 Å². The average molecular weight is 309 g/mol. The molecular weight excluding hydrogens is 294 g/mol. The second-order valence-corrected chi connectivity index (χ2v) is 3.98. The van der Waals surface area contributed by atoms with E-state index in [9.17, 15) is 14.4 Å². The highest BCUT2D eigenvalue weighted by atomic mass is 16.6. The van der Waals surface area contributed by atoms with Crippen molar-refractivity contribution in [3.63, 3.8) is 0 Å². The molecule has 0 radical (unpaired) electrons. The van der Waals surface area contributed by atoms with Crippen molar-refractivity contribution in [1.82, 2.24) is 5.32 Å². The lowest BCUT2D eigenvalue weighted by Gasteiger charge is -2.16. The molecule has 0 saturated heterocycles. The van der Waals surface area contributed by atoms with Crippen molar-refractivity contribution in [1.29, 1.82) is 0 Å². The summed E-state index contributed by atoms with van der Waals surface area (Å²) in [5.41, 5.74) is 1.04. The minimum atomic E-state index is -1.54. The number of esters is 2. The van der Waals surface area contributed by atoms with Gasteiger partial charge in [-0.2, -0.15) is 0 Å². The highest BCUT2D eigenvalue weighted by Crippen LogP contribution is 2.08. The van der Waals surface area contributed by atoms with Gasteiger partial charge in [-0.1, -0.05) is 17.3 Å². The number of methoxy groups -OCH3 is 1. The lowest BCUT2D eigenvalue weighted by atomic mass is 10.2. The van der Waals surface area contributed by atoms with Crippen molar-refractivity contribution in [3.8, 4) is 0 Å². The zero-order valence-electron chi connectivity index (χ0n) is 11.9. The maximum absolute atomic E-state index is 11.7. The third kappa shape index (κ3) is 5.49. The van der Waals surface area contributed by atoms with Crippen molar-refractivity contribution in [2.45, 2.75) is 13.2 Å². The minimum Gasteiger partial charge on any atom is -0.465 e. The summed E-state index contributed by atoms with van der Waals surface area (Å²) in [5.74, 6) is -1.66. The molecule has 1 rings (SSSR count). The number of amides is 2. The SMILES string of the molecule is COC(=O)C(NC(=O)Nc1ccc(C=NO)cc1)OC(C)=O. The topological polar surface area (TPSA) is 126 Å². The Kier molecular flexibility index (Phi) is 6.35. The van der Waals surface area contributed by atoms with Crippen LogP contribution in [0, 0.1) is 0 Å². The zero-order valence-corrected chi connectivity index (χ0v) is 11.9. The molecule has 2 amide bonds. The summed E-state index contributed by atoms with van der Waals surface area (Å²) in [6, 6.07) is 5.53. The van der Waals surface area contributed by atoms with Crippen LogP contribution < -0.4 is 10.6 Å². The van der Waals surface area contributed by atoms with Gasteiger partial charge < -0.3 is 20.0 Å². The van der Waals surface area contributed by atoms with E-state index in [2.05, 4.69) is 25.3 Å². The van der Waals surface area contributed by atoms with Crippen LogP contribution >= 0.6 is 0 Å². The van der Waals surface area contributed by atoms with Gasteiger partial charge in [0.2, 0.25) is 0 Å². The number of rotatable bonds is 5. The molecule has 0 aromatic heterocycles. The number of anilines is 1. The standard InChI is InChI=1S/C13H15N3O6/c1-8(17)22-11(12(18)21-2)16-13(19)15-10-5-3-9(4-6-10)7-14-20/h3-7,11,20H,1-2H3,(H2,15,16,19). The van der Waals surface area contributed by atoms with E-state index in [1.54, 1.807) is 24.3 Å². The molecule has 1 aromatic carbocycles. The van der Waals surface area contributed by atoms with E-state index in [4.69, 9.17) is 5.21 Å². The fraction of sp³-hybridized carbons (Fsp3) is 0.231. The third-order valence-corrected chi connectivity index (χ3v) is 2.34. The van der Waals surface area contributed by atoms with E-state index in [1.807, 2.05) is 0 Å². The monoisotopic (exact) mass is 309 g/mol. The normalized spacial score (nSPS) is 11.5. The van der Waals surface area contributed by atoms with Crippen LogP contribution in [0.1, 0.15) is 12.5 Å². The van der Waals surface area contributed by atoms with Crippen LogP contribution in [0.15, 0.2) is 29.4 Å². The average Bonchev–Trinajstić information content (AvgIpc) is 2.47. The molecule has 0 heterocycles. The number of benzene rings is 1. The highest BCUT2D eigenvalue weighted by Gasteiger charge is 2.24. The molecule has 0 saturated carbocycles. The number of ether oxygens (including phenoxy) is 2. The van der Waals surface area contributed by atoms with E-state index in [0.717, 1.165) is 14.0 Å². The Morgan fingerprint density at radius 1 is 1.27 bits per heavy atom. The first kappa shape index (κ1) is 17.0. The lowest BCUT2D eigenvalue weighted by Crippen LogP contribution is -2.46. The second kappa shape index (κ2) is 8.25. The summed E-state index contributed by atoms with van der Waals surface area (Å²) in [5, 5.41) is 15.8. The van der Waals surface area contributed by atoms with E-state index in [-0.39, 0.29) is 0 Å². The Morgan fingerprint density at radius 3 is 2.41 bits per heavy atom. The van der Waals surface area contributed by atoms with Gasteiger partial charge in [-0.05, 0) is 17.7 Å². The molecule has 0 fully saturated rings. The first-order chi connectivity index (χ1) is 10.5.